The van der Waals surface area contributed by atoms with Gasteiger partial charge in [0.25, 0.3) is 0 Å². The van der Waals surface area contributed by atoms with Crippen molar-refractivity contribution in [3.63, 3.8) is 0 Å². The largest absolute Gasteiger partial charge is 0.486 e. The normalized spacial score (nSPS) is 14.3. The van der Waals surface area contributed by atoms with E-state index in [9.17, 15) is 4.79 Å². The second kappa shape index (κ2) is 4.86. The van der Waals surface area contributed by atoms with Gasteiger partial charge in [-0.05, 0) is 31.5 Å². The lowest BCUT2D eigenvalue weighted by Gasteiger charge is -2.22. The van der Waals surface area contributed by atoms with Crippen LogP contribution in [0.25, 0.3) is 0 Å². The van der Waals surface area contributed by atoms with E-state index < -0.39 is 11.5 Å². The molecular formula is C13H17NO4. The Bertz CT molecular complexity index is 456. The fourth-order valence-corrected chi connectivity index (χ4v) is 1.60. The molecule has 2 rings (SSSR count). The maximum absolute atomic E-state index is 11.0. The molecule has 1 aromatic rings. The molecule has 1 aromatic carbocycles. The topological polar surface area (TPSA) is 67.8 Å². The van der Waals surface area contributed by atoms with E-state index in [1.54, 1.807) is 13.8 Å². The molecule has 2 N–H and O–H groups in total. The lowest BCUT2D eigenvalue weighted by Crippen LogP contribution is -2.46. The molecule has 5 nitrogen and oxygen atoms in total. The van der Waals surface area contributed by atoms with Crippen LogP contribution in [-0.4, -0.2) is 29.8 Å². The minimum atomic E-state index is -0.951. The molecule has 0 radical (unpaired) electrons. The predicted molar refractivity (Wildman–Crippen MR) is 66.0 cm³/mol. The van der Waals surface area contributed by atoms with Crippen molar-refractivity contribution in [3.05, 3.63) is 23.8 Å². The van der Waals surface area contributed by atoms with Gasteiger partial charge in [-0.15, -0.1) is 0 Å². The molecule has 0 unspecified atom stereocenters. The smallest absolute Gasteiger partial charge is 0.323 e. The van der Waals surface area contributed by atoms with E-state index in [2.05, 4.69) is 5.32 Å². The molecule has 0 aliphatic carbocycles. The summed E-state index contributed by atoms with van der Waals surface area (Å²) in [6.45, 7) is 4.85. The Kier molecular flexibility index (Phi) is 3.43. The molecule has 1 heterocycles. The number of aliphatic carboxylic acids is 1. The summed E-state index contributed by atoms with van der Waals surface area (Å²) in [6.07, 6.45) is 0. The van der Waals surface area contributed by atoms with Crippen LogP contribution in [0.15, 0.2) is 18.2 Å². The van der Waals surface area contributed by atoms with Crippen LogP contribution in [0.4, 0.5) is 0 Å². The first-order valence-corrected chi connectivity index (χ1v) is 5.86. The number of fused-ring (bicyclic) bond motifs is 1. The van der Waals surface area contributed by atoms with E-state index in [-0.39, 0.29) is 0 Å². The molecule has 0 atom stereocenters. The zero-order valence-electron chi connectivity index (χ0n) is 10.5. The molecule has 0 bridgehead atoms. The molecule has 18 heavy (non-hydrogen) atoms. The van der Waals surface area contributed by atoms with Gasteiger partial charge in [0, 0.05) is 6.54 Å². The number of carboxylic acids is 1. The number of carboxylic acid groups (broad SMARTS) is 1. The van der Waals surface area contributed by atoms with E-state index in [1.165, 1.54) is 0 Å². The van der Waals surface area contributed by atoms with Gasteiger partial charge in [-0.1, -0.05) is 6.07 Å². The Hall–Kier alpha value is -1.75. The first-order chi connectivity index (χ1) is 8.49. The Labute approximate surface area is 106 Å². The van der Waals surface area contributed by atoms with Gasteiger partial charge in [-0.3, -0.25) is 10.1 Å². The number of nitrogens with one attached hydrogen (secondary N) is 1. The van der Waals surface area contributed by atoms with E-state index in [0.29, 0.717) is 25.5 Å². The van der Waals surface area contributed by atoms with Gasteiger partial charge in [0.15, 0.2) is 11.5 Å². The zero-order chi connectivity index (χ0) is 13.2. The van der Waals surface area contributed by atoms with Crippen LogP contribution in [0.3, 0.4) is 0 Å². The summed E-state index contributed by atoms with van der Waals surface area (Å²) >= 11 is 0. The lowest BCUT2D eigenvalue weighted by molar-refractivity contribution is -0.143. The van der Waals surface area contributed by atoms with Crippen molar-refractivity contribution in [1.82, 2.24) is 5.32 Å². The highest BCUT2D eigenvalue weighted by atomic mass is 16.6. The molecule has 1 aliphatic rings. The second-order valence-corrected chi connectivity index (χ2v) is 4.76. The summed E-state index contributed by atoms with van der Waals surface area (Å²) in [5, 5.41) is 12.0. The second-order valence-electron chi connectivity index (χ2n) is 4.76. The Morgan fingerprint density at radius 3 is 2.67 bits per heavy atom. The average molecular weight is 251 g/mol. The zero-order valence-corrected chi connectivity index (χ0v) is 10.5. The summed E-state index contributed by atoms with van der Waals surface area (Å²) in [4.78, 5) is 11.0. The number of rotatable bonds is 4. The van der Waals surface area contributed by atoms with Gasteiger partial charge in [0.2, 0.25) is 0 Å². The first-order valence-electron chi connectivity index (χ1n) is 5.86. The number of hydrogen-bond acceptors (Lipinski definition) is 4. The molecule has 0 amide bonds. The van der Waals surface area contributed by atoms with Gasteiger partial charge in [-0.2, -0.15) is 0 Å². The van der Waals surface area contributed by atoms with Crippen LogP contribution in [0.2, 0.25) is 0 Å². The fourth-order valence-electron chi connectivity index (χ4n) is 1.60. The van der Waals surface area contributed by atoms with Crippen LogP contribution >= 0.6 is 0 Å². The van der Waals surface area contributed by atoms with Gasteiger partial charge in [-0.25, -0.2) is 0 Å². The average Bonchev–Trinajstić information content (AvgIpc) is 2.36. The van der Waals surface area contributed by atoms with Crippen LogP contribution in [0.1, 0.15) is 19.4 Å². The van der Waals surface area contributed by atoms with E-state index in [4.69, 9.17) is 14.6 Å². The van der Waals surface area contributed by atoms with Crippen LogP contribution in [0.5, 0.6) is 11.5 Å². The molecule has 0 aromatic heterocycles. The summed E-state index contributed by atoms with van der Waals surface area (Å²) in [5.41, 5.74) is 0.0151. The Balaban J connectivity index is 2.04. The van der Waals surface area contributed by atoms with Crippen molar-refractivity contribution >= 4 is 5.97 Å². The fraction of sp³-hybridized carbons (Fsp3) is 0.462. The van der Waals surface area contributed by atoms with E-state index in [1.807, 2.05) is 18.2 Å². The third-order valence-electron chi connectivity index (χ3n) is 2.88. The predicted octanol–water partition coefficient (Wildman–Crippen LogP) is 1.41. The molecule has 0 fully saturated rings. The highest BCUT2D eigenvalue weighted by Crippen LogP contribution is 2.30. The third-order valence-corrected chi connectivity index (χ3v) is 2.88. The summed E-state index contributed by atoms with van der Waals surface area (Å²) in [6, 6.07) is 5.62. The molecular weight excluding hydrogens is 234 g/mol. The molecule has 5 heteroatoms. The van der Waals surface area contributed by atoms with Crippen molar-refractivity contribution in [3.8, 4) is 11.5 Å². The van der Waals surface area contributed by atoms with Crippen molar-refractivity contribution in [2.24, 2.45) is 0 Å². The molecule has 1 aliphatic heterocycles. The van der Waals surface area contributed by atoms with Gasteiger partial charge < -0.3 is 14.6 Å². The molecule has 0 saturated carbocycles. The maximum Gasteiger partial charge on any atom is 0.323 e. The SMILES string of the molecule is CC(C)(NCc1ccc2c(c1)OCCO2)C(=O)O. The van der Waals surface area contributed by atoms with Gasteiger partial charge in [0.1, 0.15) is 18.8 Å². The standard InChI is InChI=1S/C13H17NO4/c1-13(2,12(15)16)14-8-9-3-4-10-11(7-9)18-6-5-17-10/h3-4,7,14H,5-6,8H2,1-2H3,(H,15,16). The Morgan fingerprint density at radius 2 is 2.00 bits per heavy atom. The van der Waals surface area contributed by atoms with Gasteiger partial charge in [0.05, 0.1) is 0 Å². The van der Waals surface area contributed by atoms with Crippen LogP contribution in [-0.2, 0) is 11.3 Å². The van der Waals surface area contributed by atoms with Crippen molar-refractivity contribution in [1.29, 1.82) is 0 Å². The first kappa shape index (κ1) is 12.7. The Morgan fingerprint density at radius 1 is 1.33 bits per heavy atom. The number of ether oxygens (including phenoxy) is 2. The third kappa shape index (κ3) is 2.73. The highest BCUT2D eigenvalue weighted by Gasteiger charge is 2.26. The highest BCUT2D eigenvalue weighted by molar-refractivity contribution is 5.77. The number of hydrogen-bond donors (Lipinski definition) is 2. The molecule has 0 spiro atoms. The maximum atomic E-state index is 11.0. The summed E-state index contributed by atoms with van der Waals surface area (Å²) in [5.74, 6) is 0.580. The minimum Gasteiger partial charge on any atom is -0.486 e. The number of benzene rings is 1. The quantitative estimate of drug-likeness (QED) is 0.847. The lowest BCUT2D eigenvalue weighted by atomic mass is 10.1. The summed E-state index contributed by atoms with van der Waals surface area (Å²) in [7, 11) is 0. The van der Waals surface area contributed by atoms with Crippen LogP contribution < -0.4 is 14.8 Å². The van der Waals surface area contributed by atoms with Crippen molar-refractivity contribution < 1.29 is 19.4 Å². The monoisotopic (exact) mass is 251 g/mol. The van der Waals surface area contributed by atoms with E-state index in [0.717, 1.165) is 11.3 Å². The van der Waals surface area contributed by atoms with Crippen molar-refractivity contribution in [2.45, 2.75) is 25.9 Å². The van der Waals surface area contributed by atoms with Crippen molar-refractivity contribution in [2.75, 3.05) is 13.2 Å². The minimum absolute atomic E-state index is 0.468. The molecule has 0 saturated heterocycles. The van der Waals surface area contributed by atoms with Gasteiger partial charge >= 0.3 is 5.97 Å². The molecule has 98 valence electrons. The summed E-state index contributed by atoms with van der Waals surface area (Å²) < 4.78 is 10.9. The van der Waals surface area contributed by atoms with E-state index >= 15 is 0 Å². The number of carbonyl (C=O) groups is 1. The van der Waals surface area contributed by atoms with Crippen LogP contribution in [0, 0.1) is 0 Å².